The molecule has 1 aromatic rings. The van der Waals surface area contributed by atoms with Crippen molar-refractivity contribution in [3.05, 3.63) is 17.5 Å². The number of piperidine rings is 1. The van der Waals surface area contributed by atoms with Gasteiger partial charge in [-0.15, -0.1) is 0 Å². The van der Waals surface area contributed by atoms with Gasteiger partial charge in [-0.25, -0.2) is 0 Å². The van der Waals surface area contributed by atoms with Gasteiger partial charge >= 0.3 is 0 Å². The highest BCUT2D eigenvalue weighted by molar-refractivity contribution is 5.96. The van der Waals surface area contributed by atoms with Crippen molar-refractivity contribution in [3.8, 4) is 0 Å². The topological polar surface area (TPSA) is 66.7 Å². The molecule has 0 radical (unpaired) electrons. The summed E-state index contributed by atoms with van der Waals surface area (Å²) in [7, 11) is 0. The van der Waals surface area contributed by atoms with Crippen LogP contribution in [0.15, 0.2) is 10.6 Å². The first-order valence-corrected chi connectivity index (χ1v) is 7.11. The van der Waals surface area contributed by atoms with Crippen LogP contribution in [0.1, 0.15) is 37.6 Å². The average molecular weight is 277 g/mol. The summed E-state index contributed by atoms with van der Waals surface area (Å²) in [6, 6.07) is 1.10. The van der Waals surface area contributed by atoms with E-state index in [0.717, 1.165) is 19.3 Å². The van der Waals surface area contributed by atoms with E-state index >= 15 is 0 Å². The zero-order valence-corrected chi connectivity index (χ0v) is 11.8. The maximum absolute atomic E-state index is 12.6. The number of nitrogens with zero attached hydrogens (tertiary/aromatic N) is 3. The van der Waals surface area contributed by atoms with Crippen LogP contribution in [0.2, 0.25) is 0 Å². The Morgan fingerprint density at radius 2 is 2.15 bits per heavy atom. The molecule has 6 nitrogen and oxygen atoms in total. The summed E-state index contributed by atoms with van der Waals surface area (Å²) in [5, 5.41) is 3.91. The first-order chi connectivity index (χ1) is 9.58. The molecule has 6 heteroatoms. The summed E-state index contributed by atoms with van der Waals surface area (Å²) in [6.07, 6.45) is 2.77. The number of fused-ring (bicyclic) bond motifs is 1. The number of aryl methyl sites for hydroxylation is 1. The number of carbonyl (C=O) groups excluding carboxylic acids is 2. The second kappa shape index (κ2) is 4.92. The number of amides is 2. The molecule has 20 heavy (non-hydrogen) atoms. The van der Waals surface area contributed by atoms with E-state index in [4.69, 9.17) is 4.52 Å². The fourth-order valence-electron chi connectivity index (χ4n) is 3.09. The molecule has 2 unspecified atom stereocenters. The van der Waals surface area contributed by atoms with Crippen molar-refractivity contribution >= 4 is 11.8 Å². The molecule has 2 aliphatic rings. The maximum atomic E-state index is 12.6. The van der Waals surface area contributed by atoms with Gasteiger partial charge in [-0.1, -0.05) is 5.16 Å². The third-order valence-corrected chi connectivity index (χ3v) is 4.19. The van der Waals surface area contributed by atoms with Crippen molar-refractivity contribution in [2.75, 3.05) is 6.54 Å². The van der Waals surface area contributed by atoms with Gasteiger partial charge in [0.25, 0.3) is 0 Å². The normalized spacial score (nSPS) is 26.9. The minimum Gasteiger partial charge on any atom is -0.361 e. The van der Waals surface area contributed by atoms with Crippen LogP contribution in [0.5, 0.6) is 0 Å². The molecule has 0 aromatic carbocycles. The molecule has 0 saturated carbocycles. The SMILES string of the molecule is Cc1cc(CN2C(=O)C3CCCCN3C(=O)C2C)no1. The van der Waals surface area contributed by atoms with E-state index in [1.165, 1.54) is 0 Å². The highest BCUT2D eigenvalue weighted by Crippen LogP contribution is 2.27. The van der Waals surface area contributed by atoms with E-state index < -0.39 is 6.04 Å². The molecular weight excluding hydrogens is 258 g/mol. The Bertz CT molecular complexity index is 540. The lowest BCUT2D eigenvalue weighted by Crippen LogP contribution is -2.64. The van der Waals surface area contributed by atoms with Crippen molar-refractivity contribution in [1.82, 2.24) is 15.0 Å². The lowest BCUT2D eigenvalue weighted by molar-refractivity contribution is -0.163. The minimum atomic E-state index is -0.422. The number of hydrogen-bond donors (Lipinski definition) is 0. The number of carbonyl (C=O) groups is 2. The van der Waals surface area contributed by atoms with E-state index in [1.54, 1.807) is 22.8 Å². The molecule has 0 spiro atoms. The van der Waals surface area contributed by atoms with Gasteiger partial charge in [0.15, 0.2) is 0 Å². The second-order valence-corrected chi connectivity index (χ2v) is 5.61. The first kappa shape index (κ1) is 13.1. The molecule has 0 N–H and O–H groups in total. The van der Waals surface area contributed by atoms with Gasteiger partial charge in [-0.2, -0.15) is 0 Å². The standard InChI is InChI=1S/C14H19N3O3/c1-9-7-11(15-20-9)8-17-10(2)13(18)16-6-4-3-5-12(16)14(17)19/h7,10,12H,3-6,8H2,1-2H3. The molecule has 2 atom stereocenters. The molecule has 2 saturated heterocycles. The van der Waals surface area contributed by atoms with Gasteiger partial charge in [0, 0.05) is 12.6 Å². The Morgan fingerprint density at radius 3 is 2.85 bits per heavy atom. The van der Waals surface area contributed by atoms with Gasteiger partial charge in [0.2, 0.25) is 11.8 Å². The van der Waals surface area contributed by atoms with Crippen molar-refractivity contribution in [2.45, 2.75) is 51.7 Å². The van der Waals surface area contributed by atoms with Crippen LogP contribution in [0.3, 0.4) is 0 Å². The Labute approximate surface area is 117 Å². The lowest BCUT2D eigenvalue weighted by atomic mass is 9.95. The monoisotopic (exact) mass is 277 g/mol. The quantitative estimate of drug-likeness (QED) is 0.811. The summed E-state index contributed by atoms with van der Waals surface area (Å²) >= 11 is 0. The van der Waals surface area contributed by atoms with Crippen LogP contribution in [0.25, 0.3) is 0 Å². The fourth-order valence-corrected chi connectivity index (χ4v) is 3.09. The summed E-state index contributed by atoms with van der Waals surface area (Å²) < 4.78 is 5.03. The molecular formula is C14H19N3O3. The summed E-state index contributed by atoms with van der Waals surface area (Å²) in [4.78, 5) is 28.4. The third-order valence-electron chi connectivity index (χ3n) is 4.19. The minimum absolute atomic E-state index is 0.0393. The van der Waals surface area contributed by atoms with Crippen LogP contribution in [-0.2, 0) is 16.1 Å². The van der Waals surface area contributed by atoms with Crippen LogP contribution in [-0.4, -0.2) is 45.4 Å². The number of aromatic nitrogens is 1. The van der Waals surface area contributed by atoms with E-state index in [9.17, 15) is 9.59 Å². The number of hydrogen-bond acceptors (Lipinski definition) is 4. The highest BCUT2D eigenvalue weighted by Gasteiger charge is 2.44. The Kier molecular flexibility index (Phi) is 3.23. The molecule has 3 heterocycles. The number of piperazine rings is 1. The lowest BCUT2D eigenvalue weighted by Gasteiger charge is -2.45. The van der Waals surface area contributed by atoms with Gasteiger partial charge in [0.1, 0.15) is 23.5 Å². The third kappa shape index (κ3) is 2.09. The largest absolute Gasteiger partial charge is 0.361 e. The fraction of sp³-hybridized carbons (Fsp3) is 0.643. The number of rotatable bonds is 2. The van der Waals surface area contributed by atoms with Crippen LogP contribution < -0.4 is 0 Å². The summed E-state index contributed by atoms with van der Waals surface area (Å²) in [5.41, 5.74) is 0.694. The molecule has 2 aliphatic heterocycles. The van der Waals surface area contributed by atoms with Gasteiger partial charge < -0.3 is 14.3 Å². The highest BCUT2D eigenvalue weighted by atomic mass is 16.5. The van der Waals surface area contributed by atoms with E-state index in [-0.39, 0.29) is 17.9 Å². The molecule has 0 aliphatic carbocycles. The van der Waals surface area contributed by atoms with Gasteiger partial charge in [-0.05, 0) is 33.1 Å². The first-order valence-electron chi connectivity index (χ1n) is 7.11. The molecule has 0 bridgehead atoms. The zero-order valence-electron chi connectivity index (χ0n) is 11.8. The smallest absolute Gasteiger partial charge is 0.246 e. The van der Waals surface area contributed by atoms with E-state index in [1.807, 2.05) is 6.92 Å². The van der Waals surface area contributed by atoms with Gasteiger partial charge in [-0.3, -0.25) is 9.59 Å². The second-order valence-electron chi connectivity index (χ2n) is 5.61. The summed E-state index contributed by atoms with van der Waals surface area (Å²) in [6.45, 7) is 4.65. The molecule has 1 aromatic heterocycles. The molecule has 3 rings (SSSR count). The van der Waals surface area contributed by atoms with Crippen LogP contribution in [0, 0.1) is 6.92 Å². The van der Waals surface area contributed by atoms with Crippen molar-refractivity contribution in [3.63, 3.8) is 0 Å². The van der Waals surface area contributed by atoms with E-state index in [0.29, 0.717) is 24.5 Å². The maximum Gasteiger partial charge on any atom is 0.246 e. The van der Waals surface area contributed by atoms with Gasteiger partial charge in [0.05, 0.1) is 6.54 Å². The Balaban J connectivity index is 1.83. The van der Waals surface area contributed by atoms with Crippen LogP contribution in [0.4, 0.5) is 0 Å². The average Bonchev–Trinajstić information content (AvgIpc) is 2.86. The molecule has 108 valence electrons. The summed E-state index contributed by atoms with van der Waals surface area (Å²) in [5.74, 6) is 0.801. The Morgan fingerprint density at radius 1 is 1.35 bits per heavy atom. The molecule has 2 amide bonds. The molecule has 2 fully saturated rings. The zero-order chi connectivity index (χ0) is 14.3. The van der Waals surface area contributed by atoms with Crippen molar-refractivity contribution in [2.24, 2.45) is 0 Å². The van der Waals surface area contributed by atoms with E-state index in [2.05, 4.69) is 5.16 Å². The predicted octanol–water partition coefficient (Wildman–Crippen LogP) is 1.09. The van der Waals surface area contributed by atoms with Crippen LogP contribution >= 0.6 is 0 Å². The van der Waals surface area contributed by atoms with Crippen molar-refractivity contribution in [1.29, 1.82) is 0 Å². The predicted molar refractivity (Wildman–Crippen MR) is 70.6 cm³/mol. The Hall–Kier alpha value is -1.85. The van der Waals surface area contributed by atoms with Crippen molar-refractivity contribution < 1.29 is 14.1 Å².